The molecule has 0 unspecified atom stereocenters. The van der Waals surface area contributed by atoms with Gasteiger partial charge in [0.1, 0.15) is 11.0 Å². The standard InChI is InChI=1S/C21H27N5O2S/c1-25(2)16-11-9-14(10-12-16)19-23-24-21(29-19)22-18(27)17-8-5-13-26(17)20(28)15-6-3-4-7-15/h9-12,15,17H,3-8,13H2,1-2H3,(H,22,24,27)/t17-/m1/s1. The van der Waals surface area contributed by atoms with Gasteiger partial charge >= 0.3 is 0 Å². The third kappa shape index (κ3) is 4.27. The van der Waals surface area contributed by atoms with Crippen LogP contribution in [0.25, 0.3) is 10.6 Å². The molecule has 7 nitrogen and oxygen atoms in total. The van der Waals surface area contributed by atoms with Crippen molar-refractivity contribution in [1.82, 2.24) is 15.1 Å². The van der Waals surface area contributed by atoms with Crippen LogP contribution < -0.4 is 10.2 Å². The van der Waals surface area contributed by atoms with Crippen molar-refractivity contribution in [2.45, 2.75) is 44.6 Å². The molecule has 1 aliphatic heterocycles. The van der Waals surface area contributed by atoms with Crippen LogP contribution in [0.5, 0.6) is 0 Å². The third-order valence-electron chi connectivity index (χ3n) is 5.83. The first-order valence-corrected chi connectivity index (χ1v) is 11.1. The minimum atomic E-state index is -0.394. The monoisotopic (exact) mass is 413 g/mol. The normalized spacial score (nSPS) is 19.5. The summed E-state index contributed by atoms with van der Waals surface area (Å²) < 4.78 is 0. The molecule has 2 aromatic rings. The van der Waals surface area contributed by atoms with Crippen molar-refractivity contribution in [2.24, 2.45) is 5.92 Å². The van der Waals surface area contributed by atoms with Gasteiger partial charge in [0.15, 0.2) is 0 Å². The molecule has 0 spiro atoms. The number of nitrogens with zero attached hydrogens (tertiary/aromatic N) is 4. The number of carbonyl (C=O) groups is 2. The van der Waals surface area contributed by atoms with Crippen LogP contribution in [-0.4, -0.2) is 53.6 Å². The van der Waals surface area contributed by atoms with E-state index in [0.29, 0.717) is 18.1 Å². The lowest BCUT2D eigenvalue weighted by molar-refractivity contribution is -0.140. The zero-order valence-corrected chi connectivity index (χ0v) is 17.7. The van der Waals surface area contributed by atoms with Gasteiger partial charge in [0.2, 0.25) is 16.9 Å². The van der Waals surface area contributed by atoms with E-state index in [2.05, 4.69) is 15.5 Å². The largest absolute Gasteiger partial charge is 0.378 e. The van der Waals surface area contributed by atoms with Gasteiger partial charge < -0.3 is 9.80 Å². The fraction of sp³-hybridized carbons (Fsp3) is 0.524. The number of rotatable bonds is 5. The molecule has 1 atom stereocenters. The molecule has 8 heteroatoms. The SMILES string of the molecule is CN(C)c1ccc(-c2nnc(NC(=O)[C@H]3CCCN3C(=O)C3CCCC3)s2)cc1. The fourth-order valence-corrected chi connectivity index (χ4v) is 4.94. The summed E-state index contributed by atoms with van der Waals surface area (Å²) in [5.74, 6) is 0.0975. The van der Waals surface area contributed by atoms with Crippen molar-refractivity contribution in [3.05, 3.63) is 24.3 Å². The molecule has 0 bridgehead atoms. The van der Waals surface area contributed by atoms with Crippen molar-refractivity contribution in [2.75, 3.05) is 30.9 Å². The van der Waals surface area contributed by atoms with Crippen molar-refractivity contribution in [3.8, 4) is 10.6 Å². The van der Waals surface area contributed by atoms with Crippen molar-refractivity contribution in [3.63, 3.8) is 0 Å². The fourth-order valence-electron chi connectivity index (χ4n) is 4.19. The molecule has 154 valence electrons. The second-order valence-electron chi connectivity index (χ2n) is 8.01. The second-order valence-corrected chi connectivity index (χ2v) is 8.99. The number of likely N-dealkylation sites (tertiary alicyclic amines) is 1. The smallest absolute Gasteiger partial charge is 0.249 e. The first-order valence-electron chi connectivity index (χ1n) is 10.3. The number of hydrogen-bond donors (Lipinski definition) is 1. The van der Waals surface area contributed by atoms with Crippen LogP contribution in [0, 0.1) is 5.92 Å². The second kappa shape index (κ2) is 8.49. The average Bonchev–Trinajstić information content (AvgIpc) is 3.48. The van der Waals surface area contributed by atoms with Crippen LogP contribution in [0.15, 0.2) is 24.3 Å². The molecule has 1 saturated heterocycles. The van der Waals surface area contributed by atoms with Crippen molar-refractivity contribution >= 4 is 34.0 Å². The molecular weight excluding hydrogens is 386 g/mol. The number of anilines is 2. The van der Waals surface area contributed by atoms with Gasteiger partial charge in [0.05, 0.1) is 0 Å². The summed E-state index contributed by atoms with van der Waals surface area (Å²) >= 11 is 1.35. The molecule has 1 saturated carbocycles. The number of hydrogen-bond acceptors (Lipinski definition) is 6. The highest BCUT2D eigenvalue weighted by Gasteiger charge is 2.38. The Kier molecular flexibility index (Phi) is 5.80. The zero-order chi connectivity index (χ0) is 20.4. The Morgan fingerprint density at radius 1 is 1.07 bits per heavy atom. The van der Waals surface area contributed by atoms with Crippen molar-refractivity contribution in [1.29, 1.82) is 0 Å². The summed E-state index contributed by atoms with van der Waals surface area (Å²) in [6, 6.07) is 7.66. The Bertz CT molecular complexity index is 873. The summed E-state index contributed by atoms with van der Waals surface area (Å²) in [5.41, 5.74) is 2.08. The lowest BCUT2D eigenvalue weighted by atomic mass is 10.1. The Morgan fingerprint density at radius 3 is 2.48 bits per heavy atom. The summed E-state index contributed by atoms with van der Waals surface area (Å²) in [6.07, 6.45) is 5.72. The van der Waals surface area contributed by atoms with Gasteiger partial charge in [-0.2, -0.15) is 0 Å². The van der Waals surface area contributed by atoms with Crippen molar-refractivity contribution < 1.29 is 9.59 Å². The molecule has 29 heavy (non-hydrogen) atoms. The lowest BCUT2D eigenvalue weighted by Crippen LogP contribution is -2.45. The van der Waals surface area contributed by atoms with Crippen LogP contribution in [0.3, 0.4) is 0 Å². The van der Waals surface area contributed by atoms with E-state index < -0.39 is 6.04 Å². The van der Waals surface area contributed by atoms with Gasteiger partial charge in [-0.05, 0) is 49.9 Å². The minimum absolute atomic E-state index is 0.0988. The summed E-state index contributed by atoms with van der Waals surface area (Å²) in [4.78, 5) is 29.5. The van der Waals surface area contributed by atoms with Crippen LogP contribution in [-0.2, 0) is 9.59 Å². The number of carbonyl (C=O) groups excluding carboxylic acids is 2. The van der Waals surface area contributed by atoms with E-state index >= 15 is 0 Å². The first kappa shape index (κ1) is 19.8. The highest BCUT2D eigenvalue weighted by Crippen LogP contribution is 2.31. The van der Waals surface area contributed by atoms with Crippen LogP contribution >= 0.6 is 11.3 Å². The molecule has 2 heterocycles. The maximum absolute atomic E-state index is 12.8. The number of aromatic nitrogens is 2. The highest BCUT2D eigenvalue weighted by molar-refractivity contribution is 7.18. The molecule has 2 aliphatic rings. The predicted octanol–water partition coefficient (Wildman–Crippen LogP) is 3.39. The quantitative estimate of drug-likeness (QED) is 0.813. The van der Waals surface area contributed by atoms with E-state index in [1.807, 2.05) is 43.3 Å². The van der Waals surface area contributed by atoms with Gasteiger partial charge in [-0.25, -0.2) is 0 Å². The Balaban J connectivity index is 1.41. The topological polar surface area (TPSA) is 78.4 Å². The Labute approximate surface area is 175 Å². The molecule has 1 N–H and O–H groups in total. The van der Waals surface area contributed by atoms with E-state index in [9.17, 15) is 9.59 Å². The van der Waals surface area contributed by atoms with Gasteiger partial charge in [0, 0.05) is 37.8 Å². The van der Waals surface area contributed by atoms with E-state index in [1.54, 1.807) is 4.90 Å². The third-order valence-corrected chi connectivity index (χ3v) is 6.72. The van der Waals surface area contributed by atoms with E-state index in [-0.39, 0.29) is 17.7 Å². The average molecular weight is 414 g/mol. The number of benzene rings is 1. The molecular formula is C21H27N5O2S. The maximum Gasteiger partial charge on any atom is 0.249 e. The van der Waals surface area contributed by atoms with E-state index in [4.69, 9.17) is 0 Å². The van der Waals surface area contributed by atoms with Gasteiger partial charge in [0.25, 0.3) is 0 Å². The zero-order valence-electron chi connectivity index (χ0n) is 16.9. The van der Waals surface area contributed by atoms with E-state index in [1.165, 1.54) is 11.3 Å². The Hall–Kier alpha value is -2.48. The molecule has 4 rings (SSSR count). The molecule has 2 fully saturated rings. The lowest BCUT2D eigenvalue weighted by Gasteiger charge is -2.26. The Morgan fingerprint density at radius 2 is 1.79 bits per heavy atom. The van der Waals surface area contributed by atoms with Crippen LogP contribution in [0.2, 0.25) is 0 Å². The van der Waals surface area contributed by atoms with Gasteiger partial charge in [-0.3, -0.25) is 14.9 Å². The number of amides is 2. The van der Waals surface area contributed by atoms with Crippen LogP contribution in [0.4, 0.5) is 10.8 Å². The number of nitrogens with one attached hydrogen (secondary N) is 1. The molecule has 0 radical (unpaired) electrons. The summed E-state index contributed by atoms with van der Waals surface area (Å²) in [5, 5.41) is 12.5. The summed E-state index contributed by atoms with van der Waals surface area (Å²) in [7, 11) is 3.99. The first-order chi connectivity index (χ1) is 14.0. The highest BCUT2D eigenvalue weighted by atomic mass is 32.1. The minimum Gasteiger partial charge on any atom is -0.378 e. The van der Waals surface area contributed by atoms with Gasteiger partial charge in [-0.15, -0.1) is 10.2 Å². The summed E-state index contributed by atoms with van der Waals surface area (Å²) in [6.45, 7) is 0.674. The molecule has 2 amide bonds. The molecule has 1 aliphatic carbocycles. The van der Waals surface area contributed by atoms with Gasteiger partial charge in [-0.1, -0.05) is 24.2 Å². The molecule has 1 aromatic carbocycles. The maximum atomic E-state index is 12.8. The predicted molar refractivity (Wildman–Crippen MR) is 115 cm³/mol. The van der Waals surface area contributed by atoms with Crippen LogP contribution in [0.1, 0.15) is 38.5 Å². The molecule has 1 aromatic heterocycles. The van der Waals surface area contributed by atoms with E-state index in [0.717, 1.165) is 48.4 Å².